The largest absolute Gasteiger partial charge is 0.357 e. The number of benzene rings is 2. The van der Waals surface area contributed by atoms with Crippen LogP contribution in [0.15, 0.2) is 54.6 Å². The summed E-state index contributed by atoms with van der Waals surface area (Å²) in [6, 6.07) is 19.3. The van der Waals surface area contributed by atoms with Crippen molar-refractivity contribution in [2.24, 2.45) is 0 Å². The lowest BCUT2D eigenvalue weighted by atomic mass is 10.3. The molecule has 1 aliphatic rings. The molecule has 0 fully saturated rings. The van der Waals surface area contributed by atoms with Crippen molar-refractivity contribution >= 4 is 24.2 Å². The van der Waals surface area contributed by atoms with E-state index >= 15 is 0 Å². The molecule has 18 heavy (non-hydrogen) atoms. The molecule has 0 N–H and O–H groups in total. The Morgan fingerprint density at radius 2 is 1.67 bits per heavy atom. The minimum atomic E-state index is -0.455. The standard InChI is InChI=1S/C15H16NOP/c1-16-13-10-6-7-11-14(13)18(15(16)17-2)12-8-4-3-5-9-12/h3-11,15H,1-2H3/t15-,18+/m0/s1. The van der Waals surface area contributed by atoms with E-state index in [4.69, 9.17) is 4.74 Å². The van der Waals surface area contributed by atoms with Gasteiger partial charge in [-0.05, 0) is 11.4 Å². The van der Waals surface area contributed by atoms with Crippen molar-refractivity contribution in [1.29, 1.82) is 0 Å². The molecule has 3 heteroatoms. The average molecular weight is 257 g/mol. The van der Waals surface area contributed by atoms with Crippen LogP contribution in [0.4, 0.5) is 5.69 Å². The molecule has 0 bridgehead atoms. The highest BCUT2D eigenvalue weighted by molar-refractivity contribution is 7.74. The summed E-state index contributed by atoms with van der Waals surface area (Å²) in [5.41, 5.74) is 1.29. The Kier molecular flexibility index (Phi) is 3.07. The Labute approximate surface area is 109 Å². The summed E-state index contributed by atoms with van der Waals surface area (Å²) in [5, 5.41) is 2.78. The second-order valence-electron chi connectivity index (χ2n) is 4.37. The van der Waals surface area contributed by atoms with Gasteiger partial charge in [-0.3, -0.25) is 0 Å². The molecule has 0 amide bonds. The van der Waals surface area contributed by atoms with Gasteiger partial charge in [-0.1, -0.05) is 48.5 Å². The number of rotatable bonds is 2. The molecule has 2 atom stereocenters. The van der Waals surface area contributed by atoms with Gasteiger partial charge in [0.15, 0.2) is 5.97 Å². The molecular weight excluding hydrogens is 241 g/mol. The van der Waals surface area contributed by atoms with Gasteiger partial charge in [0.05, 0.1) is 0 Å². The summed E-state index contributed by atoms with van der Waals surface area (Å²) in [4.78, 5) is 2.24. The summed E-state index contributed by atoms with van der Waals surface area (Å²) < 4.78 is 5.73. The van der Waals surface area contributed by atoms with E-state index in [1.807, 2.05) is 0 Å². The molecule has 0 saturated carbocycles. The molecule has 0 aromatic heterocycles. The first-order chi connectivity index (χ1) is 8.83. The third-order valence-electron chi connectivity index (χ3n) is 3.32. The predicted molar refractivity (Wildman–Crippen MR) is 78.3 cm³/mol. The van der Waals surface area contributed by atoms with Gasteiger partial charge in [0.25, 0.3) is 0 Å². The maximum atomic E-state index is 5.73. The maximum absolute atomic E-state index is 5.73. The minimum Gasteiger partial charge on any atom is -0.357 e. The zero-order valence-corrected chi connectivity index (χ0v) is 11.5. The second-order valence-corrected chi connectivity index (χ2v) is 6.55. The number of para-hydroxylation sites is 1. The molecule has 92 valence electrons. The molecular formula is C15H16NOP. The van der Waals surface area contributed by atoms with Crippen molar-refractivity contribution in [1.82, 2.24) is 0 Å². The normalized spacial score (nSPS) is 22.0. The van der Waals surface area contributed by atoms with Crippen molar-refractivity contribution in [2.75, 3.05) is 19.1 Å². The highest BCUT2D eigenvalue weighted by Gasteiger charge is 2.37. The molecule has 1 heterocycles. The van der Waals surface area contributed by atoms with Crippen molar-refractivity contribution < 1.29 is 4.74 Å². The number of hydrogen-bond acceptors (Lipinski definition) is 2. The fourth-order valence-electron chi connectivity index (χ4n) is 2.50. The summed E-state index contributed by atoms with van der Waals surface area (Å²) >= 11 is 0. The monoisotopic (exact) mass is 257 g/mol. The van der Waals surface area contributed by atoms with Crippen LogP contribution in [-0.2, 0) is 4.74 Å². The first-order valence-corrected chi connectivity index (χ1v) is 7.43. The summed E-state index contributed by atoms with van der Waals surface area (Å²) in [5.74, 6) is 0.139. The highest BCUT2D eigenvalue weighted by atomic mass is 31.1. The van der Waals surface area contributed by atoms with Crippen LogP contribution in [0.2, 0.25) is 0 Å². The smallest absolute Gasteiger partial charge is 0.156 e. The van der Waals surface area contributed by atoms with E-state index in [2.05, 4.69) is 66.5 Å². The lowest BCUT2D eigenvalue weighted by Gasteiger charge is -2.25. The van der Waals surface area contributed by atoms with Gasteiger partial charge in [0, 0.05) is 33.1 Å². The number of methoxy groups -OCH3 is 1. The lowest BCUT2D eigenvalue weighted by molar-refractivity contribution is 0.172. The molecule has 1 aliphatic heterocycles. The molecule has 3 rings (SSSR count). The number of hydrogen-bond donors (Lipinski definition) is 0. The van der Waals surface area contributed by atoms with Gasteiger partial charge < -0.3 is 9.64 Å². The third-order valence-corrected chi connectivity index (χ3v) is 6.07. The van der Waals surface area contributed by atoms with Gasteiger partial charge >= 0.3 is 0 Å². The Hall–Kier alpha value is -1.37. The van der Waals surface area contributed by atoms with E-state index in [1.54, 1.807) is 7.11 Å². The van der Waals surface area contributed by atoms with Crippen LogP contribution in [0.25, 0.3) is 0 Å². The van der Waals surface area contributed by atoms with Crippen molar-refractivity contribution in [3.05, 3.63) is 54.6 Å². The molecule has 0 aliphatic carbocycles. The van der Waals surface area contributed by atoms with Gasteiger partial charge in [0.2, 0.25) is 0 Å². The lowest BCUT2D eigenvalue weighted by Crippen LogP contribution is -2.29. The Morgan fingerprint density at radius 3 is 2.39 bits per heavy atom. The number of nitrogens with zero attached hydrogens (tertiary/aromatic N) is 1. The summed E-state index contributed by atoms with van der Waals surface area (Å²) in [6.07, 6.45) is 0. The topological polar surface area (TPSA) is 12.5 Å². The number of ether oxygens (including phenoxy) is 1. The number of fused-ring (bicyclic) bond motifs is 1. The van der Waals surface area contributed by atoms with E-state index in [9.17, 15) is 0 Å². The molecule has 2 nitrogen and oxygen atoms in total. The first-order valence-electron chi connectivity index (χ1n) is 6.02. The SMILES string of the molecule is CO[C@@H]1N(C)c2ccccc2[P@@]1c1ccccc1. The Bertz CT molecular complexity index is 543. The van der Waals surface area contributed by atoms with Crippen LogP contribution in [0.3, 0.4) is 0 Å². The molecule has 0 radical (unpaired) electrons. The predicted octanol–water partition coefficient (Wildman–Crippen LogP) is 2.50. The molecule has 0 unspecified atom stereocenters. The van der Waals surface area contributed by atoms with E-state index in [-0.39, 0.29) is 5.97 Å². The van der Waals surface area contributed by atoms with Crippen LogP contribution >= 0.6 is 7.92 Å². The molecule has 0 saturated heterocycles. The average Bonchev–Trinajstić information content (AvgIpc) is 2.73. The van der Waals surface area contributed by atoms with Crippen LogP contribution in [0.1, 0.15) is 0 Å². The van der Waals surface area contributed by atoms with Crippen molar-refractivity contribution in [3.63, 3.8) is 0 Å². The summed E-state index contributed by atoms with van der Waals surface area (Å²) in [6.45, 7) is 0. The summed E-state index contributed by atoms with van der Waals surface area (Å²) in [7, 11) is 3.45. The first kappa shape index (κ1) is 11.7. The Morgan fingerprint density at radius 1 is 1.00 bits per heavy atom. The third kappa shape index (κ3) is 1.73. The van der Waals surface area contributed by atoms with Gasteiger partial charge in [-0.2, -0.15) is 0 Å². The van der Waals surface area contributed by atoms with Crippen molar-refractivity contribution in [2.45, 2.75) is 5.97 Å². The van der Waals surface area contributed by atoms with Gasteiger partial charge in [-0.15, -0.1) is 0 Å². The van der Waals surface area contributed by atoms with Crippen LogP contribution in [0.5, 0.6) is 0 Å². The van der Waals surface area contributed by atoms with E-state index in [0.29, 0.717) is 0 Å². The molecule has 2 aromatic carbocycles. The van der Waals surface area contributed by atoms with Crippen LogP contribution < -0.4 is 15.5 Å². The van der Waals surface area contributed by atoms with E-state index in [1.165, 1.54) is 16.3 Å². The fraction of sp³-hybridized carbons (Fsp3) is 0.200. The Balaban J connectivity index is 2.13. The highest BCUT2D eigenvalue weighted by Crippen LogP contribution is 2.49. The second kappa shape index (κ2) is 4.72. The van der Waals surface area contributed by atoms with Gasteiger partial charge in [-0.25, -0.2) is 0 Å². The van der Waals surface area contributed by atoms with Crippen LogP contribution in [-0.4, -0.2) is 20.1 Å². The quantitative estimate of drug-likeness (QED) is 0.766. The molecule has 2 aromatic rings. The molecule has 0 spiro atoms. The van der Waals surface area contributed by atoms with Crippen LogP contribution in [0, 0.1) is 0 Å². The zero-order chi connectivity index (χ0) is 12.5. The minimum absolute atomic E-state index is 0.139. The zero-order valence-electron chi connectivity index (χ0n) is 10.6. The van der Waals surface area contributed by atoms with E-state index < -0.39 is 7.92 Å². The van der Waals surface area contributed by atoms with E-state index in [0.717, 1.165) is 0 Å². The fourth-order valence-corrected chi connectivity index (χ4v) is 5.17. The maximum Gasteiger partial charge on any atom is 0.156 e. The van der Waals surface area contributed by atoms with Crippen molar-refractivity contribution in [3.8, 4) is 0 Å². The van der Waals surface area contributed by atoms with Gasteiger partial charge in [0.1, 0.15) is 0 Å². The number of anilines is 1.